The van der Waals surface area contributed by atoms with Gasteiger partial charge in [0.05, 0.1) is 11.4 Å². The first-order chi connectivity index (χ1) is 8.59. The quantitative estimate of drug-likeness (QED) is 0.652. The third kappa shape index (κ3) is 2.40. The predicted molar refractivity (Wildman–Crippen MR) is 70.3 cm³/mol. The van der Waals surface area contributed by atoms with Gasteiger partial charge in [-0.3, -0.25) is 14.9 Å². The third-order valence-electron chi connectivity index (χ3n) is 2.30. The van der Waals surface area contributed by atoms with E-state index in [9.17, 15) is 4.79 Å². The second kappa shape index (κ2) is 5.01. The average molecular weight is 261 g/mol. The number of hydrogen-bond donors (Lipinski definition) is 1. The van der Waals surface area contributed by atoms with E-state index in [0.717, 1.165) is 4.68 Å². The lowest BCUT2D eigenvalue weighted by Gasteiger charge is -2.02. The van der Waals surface area contributed by atoms with Crippen molar-refractivity contribution in [3.05, 3.63) is 50.9 Å². The minimum absolute atomic E-state index is 0.154. The fourth-order valence-corrected chi connectivity index (χ4v) is 1.51. The summed E-state index contributed by atoms with van der Waals surface area (Å²) in [4.78, 5) is 16.0. The number of hydrogen-bond acceptors (Lipinski definition) is 5. The van der Waals surface area contributed by atoms with E-state index in [2.05, 4.69) is 20.3 Å². The zero-order valence-corrected chi connectivity index (χ0v) is 10.7. The van der Waals surface area contributed by atoms with E-state index in [4.69, 9.17) is 12.2 Å². The Morgan fingerprint density at radius 2 is 2.28 bits per heavy atom. The summed E-state index contributed by atoms with van der Waals surface area (Å²) in [7, 11) is 0. The summed E-state index contributed by atoms with van der Waals surface area (Å²) in [6.07, 6.45) is 1.66. The van der Waals surface area contributed by atoms with Gasteiger partial charge < -0.3 is 0 Å². The standard InChI is InChI=1S/C11H11N5OS/c1-7(9-5-3-4-6-12-9)15-16-10(17)8(2)13-14-11(16)18/h3-6H,1-2H3,(H,14,18)/b15-7+. The molecule has 0 saturated carbocycles. The molecule has 1 N–H and O–H groups in total. The molecule has 0 aliphatic heterocycles. The predicted octanol–water partition coefficient (Wildman–Crippen LogP) is 1.28. The van der Waals surface area contributed by atoms with Crippen LogP contribution in [0.2, 0.25) is 0 Å². The van der Waals surface area contributed by atoms with Gasteiger partial charge in [-0.1, -0.05) is 6.07 Å². The van der Waals surface area contributed by atoms with Crippen molar-refractivity contribution in [1.82, 2.24) is 19.9 Å². The average Bonchev–Trinajstić information content (AvgIpc) is 2.40. The molecule has 0 atom stereocenters. The fraction of sp³-hybridized carbons (Fsp3) is 0.182. The Morgan fingerprint density at radius 3 is 2.94 bits per heavy atom. The van der Waals surface area contributed by atoms with Crippen LogP contribution in [0.25, 0.3) is 0 Å². The van der Waals surface area contributed by atoms with Gasteiger partial charge in [-0.25, -0.2) is 0 Å². The van der Waals surface area contributed by atoms with Gasteiger partial charge in [-0.2, -0.15) is 14.9 Å². The number of pyridine rings is 1. The van der Waals surface area contributed by atoms with Crippen LogP contribution in [-0.4, -0.2) is 25.6 Å². The lowest BCUT2D eigenvalue weighted by molar-refractivity contribution is 0.717. The highest BCUT2D eigenvalue weighted by atomic mass is 32.1. The maximum absolute atomic E-state index is 11.8. The molecule has 2 heterocycles. The fourth-order valence-electron chi connectivity index (χ4n) is 1.34. The van der Waals surface area contributed by atoms with E-state index in [0.29, 0.717) is 17.1 Å². The third-order valence-corrected chi connectivity index (χ3v) is 2.56. The molecule has 2 rings (SSSR count). The monoisotopic (exact) mass is 261 g/mol. The maximum atomic E-state index is 11.8. The number of rotatable bonds is 2. The van der Waals surface area contributed by atoms with Gasteiger partial charge >= 0.3 is 0 Å². The Hall–Kier alpha value is -2.15. The molecule has 0 unspecified atom stereocenters. The van der Waals surface area contributed by atoms with Crippen molar-refractivity contribution in [3.8, 4) is 0 Å². The lowest BCUT2D eigenvalue weighted by Crippen LogP contribution is -2.23. The smallest absolute Gasteiger partial charge is 0.265 e. The summed E-state index contributed by atoms with van der Waals surface area (Å²) in [5.74, 6) is 0. The summed E-state index contributed by atoms with van der Waals surface area (Å²) >= 11 is 4.98. The summed E-state index contributed by atoms with van der Waals surface area (Å²) < 4.78 is 1.27. The van der Waals surface area contributed by atoms with Crippen molar-refractivity contribution in [1.29, 1.82) is 0 Å². The van der Waals surface area contributed by atoms with Crippen molar-refractivity contribution in [3.63, 3.8) is 0 Å². The van der Waals surface area contributed by atoms with Crippen LogP contribution in [0.1, 0.15) is 18.3 Å². The van der Waals surface area contributed by atoms with Crippen LogP contribution in [0.4, 0.5) is 0 Å². The van der Waals surface area contributed by atoms with Crippen LogP contribution in [0.5, 0.6) is 0 Å². The van der Waals surface area contributed by atoms with Gasteiger partial charge in [0.25, 0.3) is 5.56 Å². The highest BCUT2D eigenvalue weighted by Gasteiger charge is 2.04. The van der Waals surface area contributed by atoms with E-state index in [1.807, 2.05) is 18.2 Å². The van der Waals surface area contributed by atoms with Crippen molar-refractivity contribution in [2.45, 2.75) is 13.8 Å². The second-order valence-corrected chi connectivity index (χ2v) is 4.02. The van der Waals surface area contributed by atoms with Crippen LogP contribution in [0.15, 0.2) is 34.3 Å². The summed E-state index contributed by atoms with van der Waals surface area (Å²) in [5, 5.41) is 10.5. The molecule has 2 aromatic heterocycles. The van der Waals surface area contributed by atoms with E-state index in [1.54, 1.807) is 20.0 Å². The largest absolute Gasteiger partial charge is 0.296 e. The SMILES string of the molecule is C/C(=N\n1c(=S)[nH]nc(C)c1=O)c1ccccn1. The van der Waals surface area contributed by atoms with Gasteiger partial charge in [0, 0.05) is 6.20 Å². The molecule has 0 fully saturated rings. The first kappa shape index (κ1) is 12.3. The second-order valence-electron chi connectivity index (χ2n) is 3.63. The van der Waals surface area contributed by atoms with Crippen molar-refractivity contribution < 1.29 is 0 Å². The molecular formula is C11H11N5OS. The molecule has 0 saturated heterocycles. The zero-order chi connectivity index (χ0) is 13.1. The molecule has 0 amide bonds. The summed E-state index contributed by atoms with van der Waals surface area (Å²) in [6, 6.07) is 5.47. The Balaban J connectivity index is 2.56. The number of aryl methyl sites for hydroxylation is 1. The normalized spacial score (nSPS) is 11.6. The van der Waals surface area contributed by atoms with E-state index >= 15 is 0 Å². The molecular weight excluding hydrogens is 250 g/mol. The number of H-pyrrole nitrogens is 1. The zero-order valence-electron chi connectivity index (χ0n) is 9.91. The van der Waals surface area contributed by atoms with E-state index in [1.165, 1.54) is 0 Å². The topological polar surface area (TPSA) is 75.9 Å². The van der Waals surface area contributed by atoms with Crippen molar-refractivity contribution in [2.24, 2.45) is 5.10 Å². The van der Waals surface area contributed by atoms with E-state index < -0.39 is 0 Å². The maximum Gasteiger partial charge on any atom is 0.296 e. The summed E-state index contributed by atoms with van der Waals surface area (Å²) in [6.45, 7) is 3.36. The summed E-state index contributed by atoms with van der Waals surface area (Å²) in [5.41, 5.74) is 1.26. The number of aromatic amines is 1. The molecule has 6 nitrogen and oxygen atoms in total. The molecule has 0 aliphatic rings. The molecule has 0 radical (unpaired) electrons. The van der Waals surface area contributed by atoms with Crippen molar-refractivity contribution >= 4 is 17.9 Å². The Morgan fingerprint density at radius 1 is 1.50 bits per heavy atom. The minimum Gasteiger partial charge on any atom is -0.265 e. The lowest BCUT2D eigenvalue weighted by atomic mass is 10.3. The van der Waals surface area contributed by atoms with Crippen LogP contribution in [-0.2, 0) is 0 Å². The molecule has 2 aromatic rings. The Labute approximate surface area is 108 Å². The molecule has 0 bridgehead atoms. The van der Waals surface area contributed by atoms with Crippen LogP contribution in [0.3, 0.4) is 0 Å². The van der Waals surface area contributed by atoms with E-state index in [-0.39, 0.29) is 10.3 Å². The van der Waals surface area contributed by atoms with Crippen LogP contribution in [0, 0.1) is 11.7 Å². The molecule has 7 heteroatoms. The molecule has 0 aliphatic carbocycles. The first-order valence-electron chi connectivity index (χ1n) is 5.25. The minimum atomic E-state index is -0.339. The highest BCUT2D eigenvalue weighted by Crippen LogP contribution is 1.97. The molecule has 92 valence electrons. The van der Waals surface area contributed by atoms with Crippen LogP contribution >= 0.6 is 12.2 Å². The van der Waals surface area contributed by atoms with Crippen molar-refractivity contribution in [2.75, 3.05) is 0 Å². The van der Waals surface area contributed by atoms with Crippen LogP contribution < -0.4 is 5.56 Å². The Bertz CT molecular complexity index is 701. The number of aromatic nitrogens is 4. The Kier molecular flexibility index (Phi) is 3.42. The number of nitrogens with zero attached hydrogens (tertiary/aromatic N) is 4. The van der Waals surface area contributed by atoms with Gasteiger partial charge in [0.15, 0.2) is 0 Å². The van der Waals surface area contributed by atoms with Gasteiger partial charge in [0.1, 0.15) is 5.69 Å². The first-order valence-corrected chi connectivity index (χ1v) is 5.66. The van der Waals surface area contributed by atoms with Gasteiger partial charge in [0.2, 0.25) is 4.77 Å². The molecule has 0 aromatic carbocycles. The highest BCUT2D eigenvalue weighted by molar-refractivity contribution is 7.71. The van der Waals surface area contributed by atoms with Gasteiger partial charge in [-0.15, -0.1) is 0 Å². The van der Waals surface area contributed by atoms with Gasteiger partial charge in [-0.05, 0) is 38.2 Å². The molecule has 18 heavy (non-hydrogen) atoms. The molecule has 0 spiro atoms. The number of nitrogens with one attached hydrogen (secondary N) is 1.